The van der Waals surface area contributed by atoms with Crippen LogP contribution in [-0.4, -0.2) is 21.2 Å². The summed E-state index contributed by atoms with van der Waals surface area (Å²) in [5.41, 5.74) is 0.707. The Hall–Kier alpha value is -2.45. The van der Waals surface area contributed by atoms with E-state index in [4.69, 9.17) is 0 Å². The Kier molecular flexibility index (Phi) is 4.03. The number of urea groups is 1. The number of amides is 2. The minimum atomic E-state index is -0.420. The maximum absolute atomic E-state index is 11.8. The molecule has 0 aliphatic heterocycles. The standard InChI is InChI=1S/C14H11N3O3S2/c18-8-2-1-3-10(6-8)22-17-13(20)16-14-15-11-5-4-9(19)7-12(11)21-14/h1-7,18-19H,(H2,15,16,17,20). The van der Waals surface area contributed by atoms with E-state index in [0.717, 1.165) is 16.6 Å². The summed E-state index contributed by atoms with van der Waals surface area (Å²) in [6.45, 7) is 0. The van der Waals surface area contributed by atoms with Gasteiger partial charge in [-0.2, -0.15) is 0 Å². The number of benzene rings is 2. The molecule has 1 heterocycles. The maximum atomic E-state index is 11.8. The quantitative estimate of drug-likeness (QED) is 0.550. The predicted molar refractivity (Wildman–Crippen MR) is 87.4 cm³/mol. The van der Waals surface area contributed by atoms with E-state index in [-0.39, 0.29) is 11.5 Å². The molecule has 2 amide bonds. The number of nitrogens with one attached hydrogen (secondary N) is 2. The summed E-state index contributed by atoms with van der Waals surface area (Å²) < 4.78 is 3.39. The van der Waals surface area contributed by atoms with Crippen molar-refractivity contribution in [2.75, 3.05) is 5.32 Å². The van der Waals surface area contributed by atoms with Gasteiger partial charge in [-0.3, -0.25) is 10.0 Å². The number of rotatable bonds is 3. The van der Waals surface area contributed by atoms with Crippen LogP contribution in [0.4, 0.5) is 9.93 Å². The van der Waals surface area contributed by atoms with Crippen LogP contribution in [0.1, 0.15) is 0 Å². The molecule has 0 saturated heterocycles. The lowest BCUT2D eigenvalue weighted by atomic mass is 10.3. The minimum Gasteiger partial charge on any atom is -0.508 e. The number of hydrogen-bond acceptors (Lipinski definition) is 6. The first-order valence-corrected chi connectivity index (χ1v) is 7.86. The molecular weight excluding hydrogens is 322 g/mol. The highest BCUT2D eigenvalue weighted by atomic mass is 32.2. The average Bonchev–Trinajstić information content (AvgIpc) is 2.86. The van der Waals surface area contributed by atoms with Crippen molar-refractivity contribution in [3.8, 4) is 11.5 Å². The van der Waals surface area contributed by atoms with Crippen LogP contribution in [0.5, 0.6) is 11.5 Å². The molecule has 1 aromatic heterocycles. The summed E-state index contributed by atoms with van der Waals surface area (Å²) in [5, 5.41) is 21.8. The first-order chi connectivity index (χ1) is 10.6. The van der Waals surface area contributed by atoms with Gasteiger partial charge < -0.3 is 10.2 Å². The van der Waals surface area contributed by atoms with Crippen LogP contribution in [0.2, 0.25) is 0 Å². The van der Waals surface area contributed by atoms with Crippen LogP contribution >= 0.6 is 23.3 Å². The van der Waals surface area contributed by atoms with E-state index in [0.29, 0.717) is 15.5 Å². The number of fused-ring (bicyclic) bond motifs is 1. The van der Waals surface area contributed by atoms with E-state index >= 15 is 0 Å². The smallest absolute Gasteiger partial charge is 0.331 e. The molecule has 0 fully saturated rings. The largest absolute Gasteiger partial charge is 0.508 e. The van der Waals surface area contributed by atoms with Gasteiger partial charge in [0.05, 0.1) is 10.2 Å². The number of hydrogen-bond donors (Lipinski definition) is 4. The number of aromatic nitrogens is 1. The topological polar surface area (TPSA) is 94.5 Å². The molecule has 8 heteroatoms. The van der Waals surface area contributed by atoms with E-state index in [1.807, 2.05) is 0 Å². The Morgan fingerprint density at radius 1 is 1.14 bits per heavy atom. The molecule has 22 heavy (non-hydrogen) atoms. The summed E-state index contributed by atoms with van der Waals surface area (Å²) in [5.74, 6) is 0.296. The van der Waals surface area contributed by atoms with Crippen LogP contribution in [0.25, 0.3) is 10.2 Å². The molecule has 0 atom stereocenters. The summed E-state index contributed by atoms with van der Waals surface area (Å²) >= 11 is 2.36. The highest BCUT2D eigenvalue weighted by Crippen LogP contribution is 2.28. The van der Waals surface area contributed by atoms with Gasteiger partial charge in [-0.05, 0) is 48.3 Å². The number of phenolic OH excluding ortho intramolecular Hbond substituents is 2. The van der Waals surface area contributed by atoms with Crippen LogP contribution in [0, 0.1) is 0 Å². The maximum Gasteiger partial charge on any atom is 0.331 e. The fourth-order valence-corrected chi connectivity index (χ4v) is 3.22. The molecule has 0 aliphatic carbocycles. The lowest BCUT2D eigenvalue weighted by molar-refractivity contribution is 0.257. The fraction of sp³-hybridized carbons (Fsp3) is 0. The molecule has 0 spiro atoms. The summed E-state index contributed by atoms with van der Waals surface area (Å²) in [4.78, 5) is 16.8. The molecule has 0 radical (unpaired) electrons. The monoisotopic (exact) mass is 333 g/mol. The highest BCUT2D eigenvalue weighted by molar-refractivity contribution is 7.98. The van der Waals surface area contributed by atoms with Gasteiger partial charge in [0.25, 0.3) is 0 Å². The SMILES string of the molecule is O=C(NSc1cccc(O)c1)Nc1nc2ccc(O)cc2s1. The summed E-state index contributed by atoms with van der Waals surface area (Å²) in [7, 11) is 0. The van der Waals surface area contributed by atoms with Crippen molar-refractivity contribution in [3.63, 3.8) is 0 Å². The third-order valence-corrected chi connectivity index (χ3v) is 4.38. The van der Waals surface area contributed by atoms with E-state index in [9.17, 15) is 15.0 Å². The zero-order valence-electron chi connectivity index (χ0n) is 11.1. The van der Waals surface area contributed by atoms with Crippen LogP contribution in [0.15, 0.2) is 47.4 Å². The highest BCUT2D eigenvalue weighted by Gasteiger charge is 2.08. The number of phenols is 2. The van der Waals surface area contributed by atoms with Gasteiger partial charge in [0.15, 0.2) is 5.13 Å². The number of carbonyl (C=O) groups is 1. The third kappa shape index (κ3) is 3.41. The van der Waals surface area contributed by atoms with Crippen molar-refractivity contribution in [1.82, 2.24) is 9.71 Å². The number of aromatic hydroxyl groups is 2. The molecular formula is C14H11N3O3S2. The van der Waals surface area contributed by atoms with Crippen LogP contribution in [0.3, 0.4) is 0 Å². The van der Waals surface area contributed by atoms with E-state index in [2.05, 4.69) is 15.0 Å². The summed E-state index contributed by atoms with van der Waals surface area (Å²) in [6.07, 6.45) is 0. The molecule has 3 rings (SSSR count). The Balaban J connectivity index is 1.63. The second kappa shape index (κ2) is 6.12. The van der Waals surface area contributed by atoms with E-state index < -0.39 is 6.03 Å². The lowest BCUT2D eigenvalue weighted by Gasteiger charge is -2.04. The number of carbonyl (C=O) groups excluding carboxylic acids is 1. The predicted octanol–water partition coefficient (Wildman–Crippen LogP) is 3.54. The van der Waals surface area contributed by atoms with Crippen molar-refractivity contribution in [2.24, 2.45) is 0 Å². The molecule has 112 valence electrons. The van der Waals surface area contributed by atoms with Gasteiger partial charge in [-0.1, -0.05) is 17.4 Å². The van der Waals surface area contributed by atoms with Crippen LogP contribution in [-0.2, 0) is 0 Å². The van der Waals surface area contributed by atoms with Crippen molar-refractivity contribution < 1.29 is 15.0 Å². The zero-order chi connectivity index (χ0) is 15.5. The summed E-state index contributed by atoms with van der Waals surface area (Å²) in [6, 6.07) is 11.0. The first-order valence-electron chi connectivity index (χ1n) is 6.22. The molecule has 0 saturated carbocycles. The first kappa shape index (κ1) is 14.5. The van der Waals surface area contributed by atoms with Gasteiger partial charge in [0.2, 0.25) is 0 Å². The van der Waals surface area contributed by atoms with Crippen molar-refractivity contribution in [2.45, 2.75) is 4.90 Å². The second-order valence-electron chi connectivity index (χ2n) is 4.33. The van der Waals surface area contributed by atoms with Crippen molar-refractivity contribution in [1.29, 1.82) is 0 Å². The second-order valence-corrected chi connectivity index (χ2v) is 6.24. The Bertz CT molecular complexity index is 835. The molecule has 0 bridgehead atoms. The fourth-order valence-electron chi connectivity index (χ4n) is 1.74. The minimum absolute atomic E-state index is 0.137. The molecule has 3 aromatic rings. The van der Waals surface area contributed by atoms with E-state index in [1.165, 1.54) is 11.3 Å². The zero-order valence-corrected chi connectivity index (χ0v) is 12.7. The Morgan fingerprint density at radius 3 is 2.77 bits per heavy atom. The van der Waals surface area contributed by atoms with E-state index in [1.54, 1.807) is 42.5 Å². The average molecular weight is 333 g/mol. The third-order valence-electron chi connectivity index (χ3n) is 2.67. The van der Waals surface area contributed by atoms with Crippen LogP contribution < -0.4 is 10.0 Å². The number of nitrogens with zero attached hydrogens (tertiary/aromatic N) is 1. The molecule has 4 N–H and O–H groups in total. The van der Waals surface area contributed by atoms with Crippen molar-refractivity contribution >= 4 is 44.7 Å². The molecule has 0 unspecified atom stereocenters. The van der Waals surface area contributed by atoms with Gasteiger partial charge in [-0.25, -0.2) is 9.78 Å². The van der Waals surface area contributed by atoms with Gasteiger partial charge in [-0.15, -0.1) is 0 Å². The number of anilines is 1. The Morgan fingerprint density at radius 2 is 1.95 bits per heavy atom. The Labute approximate surface area is 134 Å². The molecule has 6 nitrogen and oxygen atoms in total. The molecule has 0 aliphatic rings. The van der Waals surface area contributed by atoms with Crippen molar-refractivity contribution in [3.05, 3.63) is 42.5 Å². The normalized spacial score (nSPS) is 10.5. The van der Waals surface area contributed by atoms with Gasteiger partial charge in [0, 0.05) is 4.90 Å². The van der Waals surface area contributed by atoms with Gasteiger partial charge in [0.1, 0.15) is 11.5 Å². The molecule has 2 aromatic carbocycles. The van der Waals surface area contributed by atoms with Gasteiger partial charge >= 0.3 is 6.03 Å². The number of thiazole rings is 1. The lowest BCUT2D eigenvalue weighted by Crippen LogP contribution is -2.22.